The fourth-order valence-electron chi connectivity index (χ4n) is 2.19. The molecule has 0 fully saturated rings. The molecule has 0 aliphatic heterocycles. The van der Waals surface area contributed by atoms with E-state index in [1.807, 2.05) is 0 Å². The van der Waals surface area contributed by atoms with Crippen LogP contribution in [0.4, 0.5) is 0 Å². The predicted octanol–water partition coefficient (Wildman–Crippen LogP) is 3.81. The zero-order valence-corrected chi connectivity index (χ0v) is 14.3. The molecular weight excluding hydrogens is 272 g/mol. The molecule has 0 atom stereocenters. The molecule has 0 saturated carbocycles. The van der Waals surface area contributed by atoms with Gasteiger partial charge in [0, 0.05) is 20.3 Å². The van der Waals surface area contributed by atoms with Crippen LogP contribution >= 0.6 is 0 Å². The summed E-state index contributed by atoms with van der Waals surface area (Å²) in [6, 6.07) is 2.09. The molecule has 0 radical (unpaired) electrons. The first-order chi connectivity index (χ1) is 9.64. The van der Waals surface area contributed by atoms with Crippen LogP contribution in [0.15, 0.2) is 12.7 Å². The minimum Gasteiger partial charge on any atom is -0.463 e. The third-order valence-corrected chi connectivity index (χ3v) is 7.33. The molecule has 0 amide bonds. The number of carbonyl (C=O) groups excluding carboxylic acids is 1. The normalized spacial score (nSPS) is 11.3. The van der Waals surface area contributed by atoms with Crippen LogP contribution in [-0.2, 0) is 18.4 Å². The lowest BCUT2D eigenvalue weighted by Crippen LogP contribution is -2.38. The highest BCUT2D eigenvalue weighted by molar-refractivity contribution is 6.67. The molecule has 0 spiro atoms. The highest BCUT2D eigenvalue weighted by Gasteiger charge is 2.32. The lowest BCUT2D eigenvalue weighted by Gasteiger charge is -2.25. The minimum atomic E-state index is -1.88. The summed E-state index contributed by atoms with van der Waals surface area (Å²) < 4.78 is 16.1. The zero-order valence-electron chi connectivity index (χ0n) is 13.3. The zero-order chi connectivity index (χ0) is 15.3. The summed E-state index contributed by atoms with van der Waals surface area (Å²) >= 11 is 0. The molecule has 0 aliphatic carbocycles. The third-order valence-electron chi connectivity index (χ3n) is 3.65. The average molecular weight is 302 g/mol. The summed E-state index contributed by atoms with van der Waals surface area (Å²) in [5.74, 6) is -0.329. The van der Waals surface area contributed by atoms with E-state index in [1.54, 1.807) is 14.2 Å². The minimum absolute atomic E-state index is 0.329. The van der Waals surface area contributed by atoms with Crippen LogP contribution in [0.2, 0.25) is 12.1 Å². The van der Waals surface area contributed by atoms with Crippen molar-refractivity contribution in [3.8, 4) is 0 Å². The first kappa shape index (κ1) is 19.3. The van der Waals surface area contributed by atoms with Gasteiger partial charge in [0.2, 0.25) is 0 Å². The van der Waals surface area contributed by atoms with Crippen LogP contribution in [-0.4, -0.2) is 35.4 Å². The van der Waals surface area contributed by atoms with E-state index in [0.29, 0.717) is 6.61 Å². The van der Waals surface area contributed by atoms with E-state index in [9.17, 15) is 4.79 Å². The number of hydrogen-bond donors (Lipinski definition) is 0. The van der Waals surface area contributed by atoms with Gasteiger partial charge in [-0.15, -0.1) is 0 Å². The Morgan fingerprint density at radius 2 is 1.60 bits per heavy atom. The quantitative estimate of drug-likeness (QED) is 0.225. The molecule has 0 aromatic rings. The molecule has 0 aromatic carbocycles. The fourth-order valence-corrected chi connectivity index (χ4v) is 4.48. The van der Waals surface area contributed by atoms with Gasteiger partial charge in [0.25, 0.3) is 0 Å². The first-order valence-electron chi connectivity index (χ1n) is 7.53. The summed E-state index contributed by atoms with van der Waals surface area (Å²) in [6.45, 7) is 6.01. The first-order valence-corrected chi connectivity index (χ1v) is 9.76. The van der Waals surface area contributed by atoms with Gasteiger partial charge in [0.15, 0.2) is 0 Å². The summed E-state index contributed by atoms with van der Waals surface area (Å²) in [4.78, 5) is 10.8. The molecule has 20 heavy (non-hydrogen) atoms. The Bertz CT molecular complexity index is 256. The third kappa shape index (κ3) is 8.50. The Morgan fingerprint density at radius 1 is 1.05 bits per heavy atom. The molecule has 0 heterocycles. The van der Waals surface area contributed by atoms with Gasteiger partial charge in [-0.05, 0) is 18.5 Å². The van der Waals surface area contributed by atoms with Crippen molar-refractivity contribution >= 4 is 14.5 Å². The number of rotatable bonds is 13. The standard InChI is InChI=1S/C15H30O4Si/c1-5-15(16)19-13-11-9-7-8-10-12-14-20(6-2,17-3)18-4/h5H,1,6-14H2,2-4H3. The van der Waals surface area contributed by atoms with Crippen molar-refractivity contribution < 1.29 is 18.4 Å². The molecular formula is C15H30O4Si. The van der Waals surface area contributed by atoms with Gasteiger partial charge in [0.05, 0.1) is 6.61 Å². The summed E-state index contributed by atoms with van der Waals surface area (Å²) in [7, 11) is 1.65. The van der Waals surface area contributed by atoms with Crippen molar-refractivity contribution in [1.82, 2.24) is 0 Å². The Kier molecular flexibility index (Phi) is 11.7. The lowest BCUT2D eigenvalue weighted by atomic mass is 10.1. The van der Waals surface area contributed by atoms with Crippen molar-refractivity contribution in [2.24, 2.45) is 0 Å². The van der Waals surface area contributed by atoms with Gasteiger partial charge in [-0.1, -0.05) is 45.6 Å². The average Bonchev–Trinajstić information content (AvgIpc) is 2.49. The van der Waals surface area contributed by atoms with Crippen molar-refractivity contribution in [2.45, 2.75) is 57.5 Å². The molecule has 0 rings (SSSR count). The van der Waals surface area contributed by atoms with Crippen molar-refractivity contribution in [1.29, 1.82) is 0 Å². The second kappa shape index (κ2) is 12.1. The Morgan fingerprint density at radius 3 is 2.10 bits per heavy atom. The molecule has 0 bridgehead atoms. The Hall–Kier alpha value is -0.653. The van der Waals surface area contributed by atoms with E-state index in [-0.39, 0.29) is 5.97 Å². The van der Waals surface area contributed by atoms with Crippen LogP contribution in [0.5, 0.6) is 0 Å². The Labute approximate surface area is 124 Å². The van der Waals surface area contributed by atoms with Gasteiger partial charge < -0.3 is 13.6 Å². The van der Waals surface area contributed by atoms with Gasteiger partial charge in [-0.25, -0.2) is 4.79 Å². The van der Waals surface area contributed by atoms with Crippen LogP contribution in [0.3, 0.4) is 0 Å². The van der Waals surface area contributed by atoms with Gasteiger partial charge in [-0.2, -0.15) is 0 Å². The number of carbonyl (C=O) groups is 1. The molecule has 0 aliphatic rings. The van der Waals surface area contributed by atoms with Crippen LogP contribution in [0.25, 0.3) is 0 Å². The Balaban J connectivity index is 3.44. The smallest absolute Gasteiger partial charge is 0.337 e. The van der Waals surface area contributed by atoms with Gasteiger partial charge in [0.1, 0.15) is 0 Å². The van der Waals surface area contributed by atoms with E-state index in [4.69, 9.17) is 13.6 Å². The van der Waals surface area contributed by atoms with Gasteiger partial charge in [-0.3, -0.25) is 0 Å². The topological polar surface area (TPSA) is 44.8 Å². The number of unbranched alkanes of at least 4 members (excludes halogenated alkanes) is 5. The number of esters is 1. The van der Waals surface area contributed by atoms with E-state index < -0.39 is 8.56 Å². The maximum atomic E-state index is 10.8. The lowest BCUT2D eigenvalue weighted by molar-refractivity contribution is -0.137. The molecule has 118 valence electrons. The SMILES string of the molecule is C=CC(=O)OCCCCCCCC[Si](CC)(OC)OC. The van der Waals surface area contributed by atoms with E-state index in [2.05, 4.69) is 13.5 Å². The summed E-state index contributed by atoms with van der Waals surface area (Å²) in [5, 5.41) is 0. The van der Waals surface area contributed by atoms with E-state index in [1.165, 1.54) is 31.8 Å². The maximum absolute atomic E-state index is 10.8. The largest absolute Gasteiger partial charge is 0.463 e. The van der Waals surface area contributed by atoms with Crippen LogP contribution in [0, 0.1) is 0 Å². The fraction of sp³-hybridized carbons (Fsp3) is 0.800. The molecule has 0 N–H and O–H groups in total. The second-order valence-corrected chi connectivity index (χ2v) is 8.76. The predicted molar refractivity (Wildman–Crippen MR) is 83.9 cm³/mol. The van der Waals surface area contributed by atoms with E-state index >= 15 is 0 Å². The molecule has 5 heteroatoms. The van der Waals surface area contributed by atoms with E-state index in [0.717, 1.165) is 24.9 Å². The highest BCUT2D eigenvalue weighted by Crippen LogP contribution is 2.21. The van der Waals surface area contributed by atoms with Crippen molar-refractivity contribution in [3.05, 3.63) is 12.7 Å². The van der Waals surface area contributed by atoms with Crippen molar-refractivity contribution in [2.75, 3.05) is 20.8 Å². The van der Waals surface area contributed by atoms with Gasteiger partial charge >= 0.3 is 14.5 Å². The molecule has 0 saturated heterocycles. The maximum Gasteiger partial charge on any atom is 0.337 e. The van der Waals surface area contributed by atoms with Crippen LogP contribution < -0.4 is 0 Å². The number of hydrogen-bond acceptors (Lipinski definition) is 4. The summed E-state index contributed by atoms with van der Waals surface area (Å²) in [6.07, 6.45) is 8.04. The molecule has 4 nitrogen and oxygen atoms in total. The second-order valence-electron chi connectivity index (χ2n) is 4.92. The van der Waals surface area contributed by atoms with Crippen molar-refractivity contribution in [3.63, 3.8) is 0 Å². The highest BCUT2D eigenvalue weighted by atomic mass is 28.4. The monoisotopic (exact) mass is 302 g/mol. The van der Waals surface area contributed by atoms with Crippen LogP contribution in [0.1, 0.15) is 45.4 Å². The molecule has 0 aromatic heterocycles. The molecule has 0 unspecified atom stereocenters. The number of ether oxygens (including phenoxy) is 1. The summed E-state index contributed by atoms with van der Waals surface area (Å²) in [5.41, 5.74) is 0.